The molecule has 0 spiro atoms. The normalized spacial score (nSPS) is 32.4. The summed E-state index contributed by atoms with van der Waals surface area (Å²) < 4.78 is 33.9. The van der Waals surface area contributed by atoms with Crippen LogP contribution in [0.5, 0.6) is 34.5 Å². The highest BCUT2D eigenvalue weighted by atomic mass is 16.7. The van der Waals surface area contributed by atoms with Crippen molar-refractivity contribution < 1.29 is 79.2 Å². The molecule has 16 nitrogen and oxygen atoms in total. The van der Waals surface area contributed by atoms with Gasteiger partial charge in [0, 0.05) is 24.3 Å². The van der Waals surface area contributed by atoms with Gasteiger partial charge in [0.15, 0.2) is 11.5 Å². The molecular formula is C28H33O16+. The molecule has 2 fully saturated rings. The molecule has 3 heterocycles. The Morgan fingerprint density at radius 2 is 1.36 bits per heavy atom. The standard InChI is InChI=1S/C28H32O16/c1-9-19(32)22(35)24(37)27(40-9)43-17-7-12-14(41-26(17)10-3-13(31)20(33)16(4-10)39-2)5-11(30)6-15(12)42-28-25(38)23(36)21(34)18(8-29)44-28/h3-7,9,18-19,21-25,27-29,32,34-38H,8H2,1-2H3,(H2-,30,31,33)/p+1/t9-,18-,19-,21+,22+,23-,24-,25+,27+,28+/m0/s1. The van der Waals surface area contributed by atoms with Gasteiger partial charge in [-0.15, -0.1) is 0 Å². The summed E-state index contributed by atoms with van der Waals surface area (Å²) in [5, 5.41) is 102. The van der Waals surface area contributed by atoms with Crippen LogP contribution in [0.3, 0.4) is 0 Å². The molecule has 2 aromatic carbocycles. The molecule has 0 bridgehead atoms. The van der Waals surface area contributed by atoms with Gasteiger partial charge in [0.25, 0.3) is 0 Å². The number of phenolic OH excluding ortho intramolecular Hbond substituents is 3. The number of rotatable bonds is 7. The lowest BCUT2D eigenvalue weighted by Gasteiger charge is -2.39. The zero-order chi connectivity index (χ0) is 32.0. The van der Waals surface area contributed by atoms with Crippen molar-refractivity contribution in [1.29, 1.82) is 0 Å². The second kappa shape index (κ2) is 12.4. The number of aliphatic hydroxyl groups excluding tert-OH is 7. The molecular weight excluding hydrogens is 592 g/mol. The van der Waals surface area contributed by atoms with Gasteiger partial charge in [0.2, 0.25) is 24.1 Å². The average Bonchev–Trinajstić information content (AvgIpc) is 3.00. The van der Waals surface area contributed by atoms with E-state index in [1.807, 2.05) is 0 Å². The number of phenols is 3. The third kappa shape index (κ3) is 5.74. The highest BCUT2D eigenvalue weighted by Crippen LogP contribution is 2.45. The molecule has 1 aromatic heterocycles. The number of methoxy groups -OCH3 is 1. The van der Waals surface area contributed by atoms with Crippen LogP contribution < -0.4 is 14.2 Å². The van der Waals surface area contributed by atoms with E-state index in [0.29, 0.717) is 0 Å². The van der Waals surface area contributed by atoms with Gasteiger partial charge in [-0.3, -0.25) is 0 Å². The summed E-state index contributed by atoms with van der Waals surface area (Å²) in [7, 11) is 1.24. The number of hydrogen-bond donors (Lipinski definition) is 10. The van der Waals surface area contributed by atoms with Crippen LogP contribution in [-0.4, -0.2) is 126 Å². The van der Waals surface area contributed by atoms with Gasteiger partial charge in [-0.1, -0.05) is 0 Å². The maximum atomic E-state index is 10.6. The summed E-state index contributed by atoms with van der Waals surface area (Å²) in [6.07, 6.45) is -15.5. The van der Waals surface area contributed by atoms with Crippen molar-refractivity contribution in [3.8, 4) is 45.8 Å². The molecule has 0 aliphatic carbocycles. The maximum absolute atomic E-state index is 10.6. The largest absolute Gasteiger partial charge is 0.507 e. The zero-order valence-electron chi connectivity index (χ0n) is 23.3. The second-order valence-corrected chi connectivity index (χ2v) is 10.5. The Labute approximate surface area is 248 Å². The smallest absolute Gasteiger partial charge is 0.402 e. The van der Waals surface area contributed by atoms with Gasteiger partial charge in [-0.25, -0.2) is 4.42 Å². The van der Waals surface area contributed by atoms with Crippen LogP contribution in [-0.2, 0) is 9.47 Å². The Bertz CT molecular complexity index is 1500. The Hall–Kier alpha value is -3.71. The van der Waals surface area contributed by atoms with Crippen molar-refractivity contribution in [2.24, 2.45) is 0 Å². The monoisotopic (exact) mass is 625 g/mol. The van der Waals surface area contributed by atoms with Crippen molar-refractivity contribution in [3.63, 3.8) is 0 Å². The second-order valence-electron chi connectivity index (χ2n) is 10.5. The molecule has 3 aromatic rings. The lowest BCUT2D eigenvalue weighted by Crippen LogP contribution is -2.60. The molecule has 2 saturated heterocycles. The Kier molecular flexibility index (Phi) is 8.90. The third-order valence-corrected chi connectivity index (χ3v) is 7.48. The van der Waals surface area contributed by atoms with Crippen LogP contribution in [0.1, 0.15) is 6.92 Å². The van der Waals surface area contributed by atoms with Crippen LogP contribution in [0.15, 0.2) is 34.7 Å². The first-order valence-electron chi connectivity index (χ1n) is 13.4. The summed E-state index contributed by atoms with van der Waals surface area (Å²) in [5.74, 6) is -2.24. The fourth-order valence-corrected chi connectivity index (χ4v) is 4.96. The van der Waals surface area contributed by atoms with E-state index in [4.69, 9.17) is 28.1 Å². The number of aliphatic hydroxyl groups is 7. The summed E-state index contributed by atoms with van der Waals surface area (Å²) in [4.78, 5) is 0. The highest BCUT2D eigenvalue weighted by molar-refractivity contribution is 5.89. The predicted octanol–water partition coefficient (Wildman–Crippen LogP) is -1.11. The van der Waals surface area contributed by atoms with Crippen LogP contribution >= 0.6 is 0 Å². The van der Waals surface area contributed by atoms with Crippen molar-refractivity contribution in [3.05, 3.63) is 30.3 Å². The first-order valence-corrected chi connectivity index (χ1v) is 13.4. The minimum atomic E-state index is -1.79. The van der Waals surface area contributed by atoms with Gasteiger partial charge in [0.1, 0.15) is 59.6 Å². The molecule has 2 aliphatic heterocycles. The fraction of sp³-hybridized carbons (Fsp3) is 0.464. The molecule has 0 saturated carbocycles. The Morgan fingerprint density at radius 3 is 2.02 bits per heavy atom. The topological polar surface area (TPSA) is 260 Å². The van der Waals surface area contributed by atoms with E-state index in [1.165, 1.54) is 32.2 Å². The molecule has 10 atom stereocenters. The lowest BCUT2D eigenvalue weighted by atomic mass is 9.99. The molecule has 10 N–H and O–H groups in total. The number of hydrogen-bond acceptors (Lipinski definition) is 15. The number of aromatic hydroxyl groups is 3. The number of fused-ring (bicyclic) bond motifs is 1. The van der Waals surface area contributed by atoms with Gasteiger partial charge in [0.05, 0.1) is 31.5 Å². The van der Waals surface area contributed by atoms with Crippen molar-refractivity contribution >= 4 is 11.0 Å². The summed E-state index contributed by atoms with van der Waals surface area (Å²) in [5.41, 5.74) is 0.0140. The molecule has 0 radical (unpaired) electrons. The molecule has 16 heteroatoms. The number of benzene rings is 2. The molecule has 44 heavy (non-hydrogen) atoms. The van der Waals surface area contributed by atoms with E-state index in [9.17, 15) is 51.1 Å². The molecule has 0 amide bonds. The summed E-state index contributed by atoms with van der Waals surface area (Å²) >= 11 is 0. The van der Waals surface area contributed by atoms with E-state index in [-0.39, 0.29) is 45.3 Å². The lowest BCUT2D eigenvalue weighted by molar-refractivity contribution is -0.277. The van der Waals surface area contributed by atoms with E-state index in [0.717, 1.165) is 12.1 Å². The predicted molar refractivity (Wildman–Crippen MR) is 145 cm³/mol. The van der Waals surface area contributed by atoms with Gasteiger partial charge >= 0.3 is 11.3 Å². The third-order valence-electron chi connectivity index (χ3n) is 7.48. The molecule has 5 rings (SSSR count). The van der Waals surface area contributed by atoms with E-state index in [1.54, 1.807) is 0 Å². The quantitative estimate of drug-likeness (QED) is 0.110. The van der Waals surface area contributed by atoms with Crippen molar-refractivity contribution in [2.45, 2.75) is 68.3 Å². The summed E-state index contributed by atoms with van der Waals surface area (Å²) in [6, 6.07) is 6.02. The summed E-state index contributed by atoms with van der Waals surface area (Å²) in [6.45, 7) is 0.730. The van der Waals surface area contributed by atoms with Crippen molar-refractivity contribution in [1.82, 2.24) is 0 Å². The SMILES string of the molecule is COc1cc(-c2[o+]c3cc(O)cc(O[C@@H]4O[C@@H](CO)[C@@H](O)[C@H](O)[C@H]4O)c3cc2O[C@H]2O[C@@H](C)[C@H](O)[C@@H](O)[C@@H]2O)cc(O)c1O. The van der Waals surface area contributed by atoms with Crippen LogP contribution in [0.25, 0.3) is 22.3 Å². The van der Waals surface area contributed by atoms with Crippen LogP contribution in [0, 0.1) is 0 Å². The van der Waals surface area contributed by atoms with Crippen LogP contribution in [0.2, 0.25) is 0 Å². The zero-order valence-corrected chi connectivity index (χ0v) is 23.3. The van der Waals surface area contributed by atoms with Crippen molar-refractivity contribution in [2.75, 3.05) is 13.7 Å². The van der Waals surface area contributed by atoms with Gasteiger partial charge < -0.3 is 74.7 Å². The molecule has 240 valence electrons. The van der Waals surface area contributed by atoms with Crippen LogP contribution in [0.4, 0.5) is 0 Å². The Balaban J connectivity index is 1.64. The van der Waals surface area contributed by atoms with E-state index >= 15 is 0 Å². The molecule has 2 aliphatic rings. The van der Waals surface area contributed by atoms with E-state index in [2.05, 4.69) is 0 Å². The fourth-order valence-electron chi connectivity index (χ4n) is 4.96. The Morgan fingerprint density at radius 1 is 0.727 bits per heavy atom. The minimum absolute atomic E-state index is 0.0624. The van der Waals surface area contributed by atoms with Gasteiger partial charge in [-0.05, 0) is 6.92 Å². The molecule has 0 unspecified atom stereocenters. The van der Waals surface area contributed by atoms with E-state index < -0.39 is 79.5 Å². The van der Waals surface area contributed by atoms with Gasteiger partial charge in [-0.2, -0.15) is 0 Å². The number of ether oxygens (including phenoxy) is 5. The first-order chi connectivity index (χ1) is 20.8. The minimum Gasteiger partial charge on any atom is -0.507 e. The average molecular weight is 626 g/mol. The highest BCUT2D eigenvalue weighted by Gasteiger charge is 2.46. The maximum Gasteiger partial charge on any atom is 0.402 e. The first kappa shape index (κ1) is 31.7.